The van der Waals surface area contributed by atoms with Crippen LogP contribution in [0.3, 0.4) is 0 Å². The number of hydrogen-bond donors (Lipinski definition) is 2. The Morgan fingerprint density at radius 3 is 2.43 bits per heavy atom. The van der Waals surface area contributed by atoms with E-state index in [0.717, 1.165) is 20.8 Å². The van der Waals surface area contributed by atoms with Crippen LogP contribution in [0.4, 0.5) is 0 Å². The summed E-state index contributed by atoms with van der Waals surface area (Å²) in [6.07, 6.45) is 0. The van der Waals surface area contributed by atoms with Crippen LogP contribution >= 0.6 is 15.9 Å². The molecule has 3 aromatic carbocycles. The summed E-state index contributed by atoms with van der Waals surface area (Å²) in [5.41, 5.74) is 0.917. The first kappa shape index (κ1) is 20.5. The summed E-state index contributed by atoms with van der Waals surface area (Å²) in [6, 6.07) is 19.1. The fourth-order valence-corrected chi connectivity index (χ4v) is 4.99. The molecule has 0 bridgehead atoms. The minimum absolute atomic E-state index is 0.103. The highest BCUT2D eigenvalue weighted by atomic mass is 79.9. The molecule has 7 nitrogen and oxygen atoms in total. The average molecular weight is 488 g/mol. The van der Waals surface area contributed by atoms with E-state index in [1.807, 2.05) is 49.4 Å². The molecule has 4 rings (SSSR count). The van der Waals surface area contributed by atoms with Crippen molar-refractivity contribution in [3.8, 4) is 0 Å². The minimum atomic E-state index is -3.90. The number of nitrogens with one attached hydrogen (secondary N) is 2. The lowest BCUT2D eigenvalue weighted by Crippen LogP contribution is -2.33. The first-order chi connectivity index (χ1) is 14.3. The predicted octanol–water partition coefficient (Wildman–Crippen LogP) is 4.10. The number of H-pyrrole nitrogens is 1. The molecule has 30 heavy (non-hydrogen) atoms. The van der Waals surface area contributed by atoms with Crippen molar-refractivity contribution in [2.45, 2.75) is 23.8 Å². The van der Waals surface area contributed by atoms with E-state index < -0.39 is 21.8 Å². The Kier molecular flexibility index (Phi) is 5.59. The first-order valence-corrected chi connectivity index (χ1v) is 11.4. The zero-order valence-corrected chi connectivity index (χ0v) is 18.3. The summed E-state index contributed by atoms with van der Waals surface area (Å²) in [6.45, 7) is 1.88. The van der Waals surface area contributed by atoms with Gasteiger partial charge in [0.15, 0.2) is 5.82 Å². The normalized spacial score (nSPS) is 13.9. The molecule has 0 spiro atoms. The Balaban J connectivity index is 1.78. The van der Waals surface area contributed by atoms with Gasteiger partial charge in [-0.3, -0.25) is 9.51 Å². The summed E-state index contributed by atoms with van der Waals surface area (Å²) in [7, 11) is -3.90. The standard InChI is InChI=1S/C21H18BrN3O4S/c1-13(17-8-4-6-14-5-2-3-7-18(14)17)19(20-23-21(26)29-24-20)25-30(27,28)16-11-9-15(22)10-12-16/h2-13,19,25H,1H3,(H,23,24,26). The van der Waals surface area contributed by atoms with Gasteiger partial charge < -0.3 is 0 Å². The summed E-state index contributed by atoms with van der Waals surface area (Å²) >= 11 is 3.30. The van der Waals surface area contributed by atoms with Crippen molar-refractivity contribution >= 4 is 36.7 Å². The van der Waals surface area contributed by atoms with Crippen LogP contribution in [0, 0.1) is 0 Å². The van der Waals surface area contributed by atoms with Crippen LogP contribution in [0.5, 0.6) is 0 Å². The first-order valence-electron chi connectivity index (χ1n) is 9.16. The molecule has 2 unspecified atom stereocenters. The number of benzene rings is 3. The quantitative estimate of drug-likeness (QED) is 0.425. The third-order valence-electron chi connectivity index (χ3n) is 4.97. The molecular formula is C21H18BrN3O4S. The minimum Gasteiger partial charge on any atom is -0.296 e. The van der Waals surface area contributed by atoms with Crippen molar-refractivity contribution in [2.24, 2.45) is 0 Å². The fraction of sp³-hybridized carbons (Fsp3) is 0.143. The predicted molar refractivity (Wildman–Crippen MR) is 117 cm³/mol. The van der Waals surface area contributed by atoms with Crippen molar-refractivity contribution in [2.75, 3.05) is 0 Å². The molecule has 0 aliphatic carbocycles. The van der Waals surface area contributed by atoms with Crippen LogP contribution in [-0.4, -0.2) is 18.6 Å². The van der Waals surface area contributed by atoms with Gasteiger partial charge >= 0.3 is 5.76 Å². The molecule has 0 amide bonds. The molecule has 0 fully saturated rings. The maximum atomic E-state index is 13.1. The van der Waals surface area contributed by atoms with Crippen molar-refractivity contribution < 1.29 is 12.9 Å². The Hall–Kier alpha value is -2.75. The van der Waals surface area contributed by atoms with Gasteiger partial charge in [0.05, 0.1) is 10.9 Å². The zero-order chi connectivity index (χ0) is 21.3. The molecule has 0 saturated carbocycles. The molecule has 9 heteroatoms. The lowest BCUT2D eigenvalue weighted by atomic mass is 9.89. The van der Waals surface area contributed by atoms with E-state index in [4.69, 9.17) is 0 Å². The second-order valence-electron chi connectivity index (χ2n) is 6.89. The van der Waals surface area contributed by atoms with Gasteiger partial charge in [-0.25, -0.2) is 13.2 Å². The number of fused-ring (bicyclic) bond motifs is 1. The third-order valence-corrected chi connectivity index (χ3v) is 6.96. The van der Waals surface area contributed by atoms with Crippen molar-refractivity contribution in [3.05, 3.63) is 93.1 Å². The van der Waals surface area contributed by atoms with Crippen LogP contribution in [-0.2, 0) is 10.0 Å². The van der Waals surface area contributed by atoms with Gasteiger partial charge in [0.1, 0.15) is 0 Å². The summed E-state index contributed by atoms with van der Waals surface area (Å²) in [4.78, 5) is 14.2. The van der Waals surface area contributed by atoms with Gasteiger partial charge in [0.25, 0.3) is 0 Å². The number of aromatic nitrogens is 2. The molecule has 4 aromatic rings. The Bertz CT molecular complexity index is 1340. The van der Waals surface area contributed by atoms with Crippen molar-refractivity contribution in [3.63, 3.8) is 0 Å². The van der Waals surface area contributed by atoms with Gasteiger partial charge in [-0.15, -0.1) is 0 Å². The van der Waals surface area contributed by atoms with Crippen molar-refractivity contribution in [1.82, 2.24) is 14.9 Å². The molecule has 154 valence electrons. The van der Waals surface area contributed by atoms with Crippen LogP contribution in [0.1, 0.15) is 30.3 Å². The molecule has 0 saturated heterocycles. The molecule has 0 radical (unpaired) electrons. The Morgan fingerprint density at radius 1 is 1.03 bits per heavy atom. The molecular weight excluding hydrogens is 470 g/mol. The number of hydrogen-bond acceptors (Lipinski definition) is 5. The topological polar surface area (TPSA) is 105 Å². The molecule has 0 aliphatic rings. The van der Waals surface area contributed by atoms with Gasteiger partial charge in [0, 0.05) is 10.4 Å². The number of nitrogens with zero attached hydrogens (tertiary/aromatic N) is 1. The van der Waals surface area contributed by atoms with Gasteiger partial charge in [-0.1, -0.05) is 70.5 Å². The summed E-state index contributed by atoms with van der Waals surface area (Å²) < 4.78 is 34.2. The number of aromatic amines is 1. The van der Waals surface area contributed by atoms with E-state index in [1.165, 1.54) is 12.1 Å². The molecule has 2 N–H and O–H groups in total. The van der Waals surface area contributed by atoms with Crippen LogP contribution in [0.2, 0.25) is 0 Å². The SMILES string of the molecule is CC(c1cccc2ccccc12)C(NS(=O)(=O)c1ccc(Br)cc1)c1noc(=O)[nH]1. The number of rotatable bonds is 6. The second kappa shape index (κ2) is 8.17. The molecule has 2 atom stereocenters. The maximum absolute atomic E-state index is 13.1. The lowest BCUT2D eigenvalue weighted by Gasteiger charge is -2.24. The highest BCUT2D eigenvalue weighted by molar-refractivity contribution is 9.10. The van der Waals surface area contributed by atoms with E-state index in [0.29, 0.717) is 0 Å². The highest BCUT2D eigenvalue weighted by Crippen LogP contribution is 2.34. The van der Waals surface area contributed by atoms with E-state index in [2.05, 4.69) is 35.3 Å². The maximum Gasteiger partial charge on any atom is 0.438 e. The average Bonchev–Trinajstić information content (AvgIpc) is 3.17. The number of halogens is 1. The van der Waals surface area contributed by atoms with Crippen LogP contribution < -0.4 is 10.5 Å². The zero-order valence-electron chi connectivity index (χ0n) is 15.9. The van der Waals surface area contributed by atoms with Crippen LogP contribution in [0.15, 0.2) is 85.4 Å². The molecule has 0 aliphatic heterocycles. The smallest absolute Gasteiger partial charge is 0.296 e. The lowest BCUT2D eigenvalue weighted by molar-refractivity contribution is 0.371. The highest BCUT2D eigenvalue weighted by Gasteiger charge is 2.31. The summed E-state index contributed by atoms with van der Waals surface area (Å²) in [5.74, 6) is -0.994. The van der Waals surface area contributed by atoms with E-state index in [9.17, 15) is 13.2 Å². The van der Waals surface area contributed by atoms with Gasteiger partial charge in [-0.05, 0) is 40.6 Å². The van der Waals surface area contributed by atoms with Gasteiger partial charge in [0.2, 0.25) is 10.0 Å². The summed E-state index contributed by atoms with van der Waals surface area (Å²) in [5, 5.41) is 5.78. The second-order valence-corrected chi connectivity index (χ2v) is 9.52. The fourth-order valence-electron chi connectivity index (χ4n) is 3.45. The van der Waals surface area contributed by atoms with E-state index >= 15 is 0 Å². The van der Waals surface area contributed by atoms with E-state index in [-0.39, 0.29) is 16.6 Å². The van der Waals surface area contributed by atoms with E-state index in [1.54, 1.807) is 12.1 Å². The molecule has 1 aromatic heterocycles. The van der Waals surface area contributed by atoms with Crippen LogP contribution in [0.25, 0.3) is 10.8 Å². The molecule has 1 heterocycles. The van der Waals surface area contributed by atoms with Gasteiger partial charge in [-0.2, -0.15) is 4.72 Å². The Labute approximate surface area is 181 Å². The largest absolute Gasteiger partial charge is 0.438 e. The third kappa shape index (κ3) is 4.09. The monoisotopic (exact) mass is 487 g/mol. The number of sulfonamides is 1. The van der Waals surface area contributed by atoms with Crippen molar-refractivity contribution in [1.29, 1.82) is 0 Å². The Morgan fingerprint density at radius 2 is 1.73 bits per heavy atom.